The van der Waals surface area contributed by atoms with Gasteiger partial charge in [0.25, 0.3) is 0 Å². The molecule has 2 aromatic rings. The van der Waals surface area contributed by atoms with E-state index in [0.29, 0.717) is 11.8 Å². The summed E-state index contributed by atoms with van der Waals surface area (Å²) in [5.41, 5.74) is 1.52. The summed E-state index contributed by atoms with van der Waals surface area (Å²) in [5, 5.41) is 0.639. The topological polar surface area (TPSA) is 47.9 Å². The summed E-state index contributed by atoms with van der Waals surface area (Å²) in [7, 11) is 0. The molecule has 29 heavy (non-hydrogen) atoms. The molecule has 0 bridgehead atoms. The Balaban J connectivity index is 1.65. The van der Waals surface area contributed by atoms with E-state index in [0.717, 1.165) is 11.3 Å². The van der Waals surface area contributed by atoms with E-state index in [4.69, 9.17) is 14.5 Å². The number of nitrogens with zero attached hydrogens (tertiary/aromatic N) is 1. The normalized spacial score (nSPS) is 17.6. The average Bonchev–Trinajstić information content (AvgIpc) is 3.18. The Kier molecular flexibility index (Phi) is 7.15. The van der Waals surface area contributed by atoms with Crippen LogP contribution in [0.3, 0.4) is 0 Å². The Hall–Kier alpha value is -2.53. The maximum absolute atomic E-state index is 12.5. The number of rotatable bonds is 6. The van der Waals surface area contributed by atoms with Crippen molar-refractivity contribution < 1.29 is 14.3 Å². The Morgan fingerprint density at radius 1 is 1.17 bits per heavy atom. The highest BCUT2D eigenvalue weighted by Crippen LogP contribution is 2.31. The SMILES string of the molecule is CC(C)(C)C(=O)OC(c1ccccc1)[C@@H]1COC(SC/C=C/c2ccccc2)=N1. The molecule has 5 heteroatoms. The number of ether oxygens (including phenoxy) is 2. The Labute approximate surface area is 177 Å². The highest BCUT2D eigenvalue weighted by Gasteiger charge is 2.35. The van der Waals surface area contributed by atoms with Crippen molar-refractivity contribution >= 4 is 29.0 Å². The lowest BCUT2D eigenvalue weighted by Gasteiger charge is -2.25. The van der Waals surface area contributed by atoms with Crippen molar-refractivity contribution in [2.24, 2.45) is 10.4 Å². The molecule has 1 unspecified atom stereocenters. The second-order valence-corrected chi connectivity index (χ2v) is 8.86. The fourth-order valence-corrected chi connectivity index (χ4v) is 3.47. The molecule has 3 rings (SSSR count). The monoisotopic (exact) mass is 409 g/mol. The van der Waals surface area contributed by atoms with Gasteiger partial charge in [-0.3, -0.25) is 4.79 Å². The first-order valence-corrected chi connectivity index (χ1v) is 10.7. The molecule has 4 nitrogen and oxygen atoms in total. The summed E-state index contributed by atoms with van der Waals surface area (Å²) in [6.07, 6.45) is 3.71. The fraction of sp³-hybridized carbons (Fsp3) is 0.333. The van der Waals surface area contributed by atoms with Crippen molar-refractivity contribution in [2.45, 2.75) is 32.9 Å². The lowest BCUT2D eigenvalue weighted by molar-refractivity contribution is -0.160. The van der Waals surface area contributed by atoms with Crippen LogP contribution in [-0.4, -0.2) is 29.6 Å². The number of carbonyl (C=O) groups is 1. The standard InChI is InChI=1S/C24H27NO3S/c1-24(2,3)22(26)28-21(19-14-8-5-9-15-19)20-17-27-23(25-20)29-16-10-13-18-11-6-4-7-12-18/h4-15,20-21H,16-17H2,1-3H3/b13-10+/t20-,21?/m0/s1. The number of hydrogen-bond donors (Lipinski definition) is 0. The zero-order valence-corrected chi connectivity index (χ0v) is 17.9. The maximum atomic E-state index is 12.5. The molecule has 1 heterocycles. The van der Waals surface area contributed by atoms with E-state index in [2.05, 4.69) is 24.3 Å². The molecule has 0 saturated heterocycles. The van der Waals surface area contributed by atoms with Gasteiger partial charge in [0.2, 0.25) is 5.23 Å². The van der Waals surface area contributed by atoms with Crippen LogP contribution in [0.1, 0.15) is 38.0 Å². The van der Waals surface area contributed by atoms with Gasteiger partial charge in [-0.15, -0.1) is 0 Å². The Bertz CT molecular complexity index is 857. The highest BCUT2D eigenvalue weighted by molar-refractivity contribution is 8.13. The van der Waals surface area contributed by atoms with Crippen LogP contribution >= 0.6 is 11.8 Å². The molecule has 0 aromatic heterocycles. The van der Waals surface area contributed by atoms with Gasteiger partial charge in [-0.25, -0.2) is 4.99 Å². The van der Waals surface area contributed by atoms with Gasteiger partial charge in [-0.05, 0) is 31.9 Å². The fourth-order valence-electron chi connectivity index (χ4n) is 2.77. The number of carbonyl (C=O) groups excluding carboxylic acids is 1. The third-order valence-electron chi connectivity index (χ3n) is 4.39. The van der Waals surface area contributed by atoms with Gasteiger partial charge in [0, 0.05) is 5.75 Å². The van der Waals surface area contributed by atoms with E-state index in [1.165, 1.54) is 5.56 Å². The van der Waals surface area contributed by atoms with Crippen LogP contribution in [0.15, 0.2) is 71.7 Å². The molecule has 0 aliphatic carbocycles. The van der Waals surface area contributed by atoms with E-state index >= 15 is 0 Å². The average molecular weight is 410 g/mol. The lowest BCUT2D eigenvalue weighted by Crippen LogP contribution is -2.30. The van der Waals surface area contributed by atoms with Crippen molar-refractivity contribution in [3.05, 3.63) is 77.9 Å². The zero-order chi connectivity index (χ0) is 20.7. The number of aliphatic imine (C=N–C) groups is 1. The summed E-state index contributed by atoms with van der Waals surface area (Å²) in [4.78, 5) is 17.2. The van der Waals surface area contributed by atoms with Crippen LogP contribution in [-0.2, 0) is 14.3 Å². The van der Waals surface area contributed by atoms with Gasteiger partial charge in [-0.1, -0.05) is 84.6 Å². The van der Waals surface area contributed by atoms with Crippen molar-refractivity contribution in [2.75, 3.05) is 12.4 Å². The summed E-state index contributed by atoms with van der Waals surface area (Å²) in [6, 6.07) is 19.7. The van der Waals surface area contributed by atoms with Crippen molar-refractivity contribution in [1.82, 2.24) is 0 Å². The first-order chi connectivity index (χ1) is 13.9. The molecule has 2 atom stereocenters. The second kappa shape index (κ2) is 9.79. The molecular formula is C24H27NO3S. The number of esters is 1. The number of benzene rings is 2. The Morgan fingerprint density at radius 2 is 1.83 bits per heavy atom. The molecule has 0 N–H and O–H groups in total. The summed E-state index contributed by atoms with van der Waals surface area (Å²) in [5.74, 6) is 0.520. The van der Waals surface area contributed by atoms with Crippen LogP contribution in [0.5, 0.6) is 0 Å². The summed E-state index contributed by atoms with van der Waals surface area (Å²) in [6.45, 7) is 5.96. The predicted octanol–water partition coefficient (Wildman–Crippen LogP) is 5.52. The number of thioether (sulfide) groups is 1. The van der Waals surface area contributed by atoms with Crippen LogP contribution < -0.4 is 0 Å². The van der Waals surface area contributed by atoms with Gasteiger partial charge < -0.3 is 9.47 Å². The van der Waals surface area contributed by atoms with Crippen LogP contribution in [0.4, 0.5) is 0 Å². The second-order valence-electron chi connectivity index (χ2n) is 7.88. The molecule has 0 radical (unpaired) electrons. The van der Waals surface area contributed by atoms with E-state index in [9.17, 15) is 4.79 Å². The molecule has 1 aliphatic heterocycles. The van der Waals surface area contributed by atoms with E-state index < -0.39 is 11.5 Å². The molecule has 152 valence electrons. The minimum Gasteiger partial charge on any atom is -0.471 e. The first kappa shape index (κ1) is 21.2. The van der Waals surface area contributed by atoms with Crippen molar-refractivity contribution in [3.63, 3.8) is 0 Å². The van der Waals surface area contributed by atoms with E-state index in [-0.39, 0.29) is 12.0 Å². The third-order valence-corrected chi connectivity index (χ3v) is 5.21. The van der Waals surface area contributed by atoms with E-state index in [1.807, 2.05) is 69.3 Å². The molecule has 2 aromatic carbocycles. The van der Waals surface area contributed by atoms with Gasteiger partial charge in [0.15, 0.2) is 6.10 Å². The predicted molar refractivity (Wildman–Crippen MR) is 120 cm³/mol. The van der Waals surface area contributed by atoms with Crippen molar-refractivity contribution in [1.29, 1.82) is 0 Å². The van der Waals surface area contributed by atoms with Crippen LogP contribution in [0.25, 0.3) is 6.08 Å². The minimum absolute atomic E-state index is 0.242. The summed E-state index contributed by atoms with van der Waals surface area (Å²) < 4.78 is 11.6. The zero-order valence-electron chi connectivity index (χ0n) is 17.1. The highest BCUT2D eigenvalue weighted by atomic mass is 32.2. The molecule has 0 fully saturated rings. The number of hydrogen-bond acceptors (Lipinski definition) is 5. The lowest BCUT2D eigenvalue weighted by atomic mass is 9.96. The molecule has 0 amide bonds. The molecular weight excluding hydrogens is 382 g/mol. The van der Waals surface area contributed by atoms with E-state index in [1.54, 1.807) is 11.8 Å². The molecule has 1 aliphatic rings. The van der Waals surface area contributed by atoms with Crippen LogP contribution in [0.2, 0.25) is 0 Å². The Morgan fingerprint density at radius 3 is 2.48 bits per heavy atom. The largest absolute Gasteiger partial charge is 0.471 e. The third kappa shape index (κ3) is 6.23. The maximum Gasteiger partial charge on any atom is 0.311 e. The quantitative estimate of drug-likeness (QED) is 0.590. The smallest absolute Gasteiger partial charge is 0.311 e. The minimum atomic E-state index is -0.573. The van der Waals surface area contributed by atoms with Gasteiger partial charge >= 0.3 is 5.97 Å². The van der Waals surface area contributed by atoms with Crippen molar-refractivity contribution in [3.8, 4) is 0 Å². The van der Waals surface area contributed by atoms with Gasteiger partial charge in [0.1, 0.15) is 12.6 Å². The van der Waals surface area contributed by atoms with Gasteiger partial charge in [-0.2, -0.15) is 0 Å². The van der Waals surface area contributed by atoms with Gasteiger partial charge in [0.05, 0.1) is 5.41 Å². The molecule has 0 saturated carbocycles. The first-order valence-electron chi connectivity index (χ1n) is 9.74. The molecule has 0 spiro atoms. The van der Waals surface area contributed by atoms with Crippen LogP contribution in [0, 0.1) is 5.41 Å². The summed E-state index contributed by atoms with van der Waals surface area (Å²) >= 11 is 1.54.